The van der Waals surface area contributed by atoms with Crippen molar-refractivity contribution in [1.29, 1.82) is 0 Å². The van der Waals surface area contributed by atoms with Gasteiger partial charge in [-0.1, -0.05) is 0 Å². The molecular formula is C8H18INO. The van der Waals surface area contributed by atoms with Gasteiger partial charge < -0.3 is 33.3 Å². The monoisotopic (exact) mass is 271 g/mol. The first-order valence-electron chi connectivity index (χ1n) is 3.54. The Morgan fingerprint density at radius 3 is 1.73 bits per heavy atom. The summed E-state index contributed by atoms with van der Waals surface area (Å²) >= 11 is 0. The van der Waals surface area contributed by atoms with E-state index in [0.29, 0.717) is 0 Å². The van der Waals surface area contributed by atoms with E-state index in [-0.39, 0.29) is 29.4 Å². The Bertz CT molecular complexity index is 127. The van der Waals surface area contributed by atoms with Gasteiger partial charge in [0.15, 0.2) is 0 Å². The third-order valence-electron chi connectivity index (χ3n) is 1.20. The minimum atomic E-state index is -0.182. The molecule has 0 aromatic carbocycles. The maximum atomic E-state index is 10.5. The third kappa shape index (κ3) is 8.26. The Morgan fingerprint density at radius 2 is 1.64 bits per heavy atom. The van der Waals surface area contributed by atoms with Gasteiger partial charge in [-0.2, -0.15) is 0 Å². The summed E-state index contributed by atoms with van der Waals surface area (Å²) in [5, 5.41) is 0. The molecule has 0 fully saturated rings. The summed E-state index contributed by atoms with van der Waals surface area (Å²) in [5.41, 5.74) is -0.182. The summed E-state index contributed by atoms with van der Waals surface area (Å²) in [5.74, 6) is 0. The summed E-state index contributed by atoms with van der Waals surface area (Å²) in [6.45, 7) is 4.81. The number of aldehydes is 1. The van der Waals surface area contributed by atoms with Gasteiger partial charge >= 0.3 is 0 Å². The molecule has 0 radical (unpaired) electrons. The molecule has 0 spiro atoms. The highest BCUT2D eigenvalue weighted by atomic mass is 127. The van der Waals surface area contributed by atoms with E-state index in [4.69, 9.17) is 0 Å². The number of hydrogen-bond acceptors (Lipinski definition) is 1. The van der Waals surface area contributed by atoms with Crippen LogP contribution < -0.4 is 24.0 Å². The smallest absolute Gasteiger partial charge is 0.131 e. The van der Waals surface area contributed by atoms with Gasteiger partial charge in [-0.15, -0.1) is 0 Å². The van der Waals surface area contributed by atoms with Gasteiger partial charge in [-0.05, 0) is 13.8 Å². The SMILES string of the molecule is CC(C)(C=O)C[N+](C)(C)C.[I-]. The molecule has 0 atom stereocenters. The van der Waals surface area contributed by atoms with Gasteiger partial charge in [0, 0.05) is 0 Å². The van der Waals surface area contributed by atoms with Crippen LogP contribution in [0.15, 0.2) is 0 Å². The van der Waals surface area contributed by atoms with Crippen molar-refractivity contribution < 1.29 is 33.3 Å². The zero-order valence-electron chi connectivity index (χ0n) is 8.02. The number of rotatable bonds is 3. The standard InChI is InChI=1S/C8H18NO.HI/c1-8(2,7-10)6-9(3,4)5;/h7H,6H2,1-5H3;1H/q+1;/p-1. The van der Waals surface area contributed by atoms with Crippen LogP contribution in [0.3, 0.4) is 0 Å². The minimum absolute atomic E-state index is 0. The molecule has 0 saturated heterocycles. The highest BCUT2D eigenvalue weighted by Gasteiger charge is 2.24. The molecule has 2 nitrogen and oxygen atoms in total. The molecule has 0 saturated carbocycles. The highest BCUT2D eigenvalue weighted by Crippen LogP contribution is 2.14. The topological polar surface area (TPSA) is 17.1 Å². The minimum Gasteiger partial charge on any atom is -1.00 e. The summed E-state index contributed by atoms with van der Waals surface area (Å²) in [6.07, 6.45) is 1.02. The normalized spacial score (nSPS) is 12.1. The van der Waals surface area contributed by atoms with Gasteiger partial charge in [0.2, 0.25) is 0 Å². The maximum Gasteiger partial charge on any atom is 0.131 e. The van der Waals surface area contributed by atoms with Gasteiger partial charge in [0.1, 0.15) is 6.29 Å². The fraction of sp³-hybridized carbons (Fsp3) is 0.875. The second-order valence-electron chi connectivity index (χ2n) is 4.55. The number of nitrogens with zero attached hydrogens (tertiary/aromatic N) is 1. The Morgan fingerprint density at radius 1 is 1.27 bits per heavy atom. The molecule has 0 bridgehead atoms. The fourth-order valence-electron chi connectivity index (χ4n) is 1.26. The Kier molecular flexibility index (Phi) is 5.57. The largest absolute Gasteiger partial charge is 1.00 e. The van der Waals surface area contributed by atoms with Crippen molar-refractivity contribution in [2.45, 2.75) is 13.8 Å². The Hall–Kier alpha value is 0.360. The molecular weight excluding hydrogens is 253 g/mol. The van der Waals surface area contributed by atoms with Crippen LogP contribution in [0.1, 0.15) is 13.8 Å². The number of hydrogen-bond donors (Lipinski definition) is 0. The summed E-state index contributed by atoms with van der Waals surface area (Å²) in [4.78, 5) is 10.5. The van der Waals surface area contributed by atoms with Crippen LogP contribution in [0.5, 0.6) is 0 Å². The third-order valence-corrected chi connectivity index (χ3v) is 1.20. The van der Waals surface area contributed by atoms with Crippen molar-refractivity contribution in [3.63, 3.8) is 0 Å². The first kappa shape index (κ1) is 13.9. The average molecular weight is 271 g/mol. The van der Waals surface area contributed by atoms with Gasteiger partial charge in [0.05, 0.1) is 33.1 Å². The van der Waals surface area contributed by atoms with Crippen LogP contribution in [0, 0.1) is 5.41 Å². The van der Waals surface area contributed by atoms with Crippen molar-refractivity contribution in [1.82, 2.24) is 0 Å². The van der Waals surface area contributed by atoms with E-state index >= 15 is 0 Å². The van der Waals surface area contributed by atoms with Crippen LogP contribution in [0.4, 0.5) is 0 Å². The predicted molar refractivity (Wildman–Crippen MR) is 42.7 cm³/mol. The van der Waals surface area contributed by atoms with Crippen molar-refractivity contribution >= 4 is 6.29 Å². The van der Waals surface area contributed by atoms with E-state index in [1.54, 1.807) is 0 Å². The van der Waals surface area contributed by atoms with E-state index in [0.717, 1.165) is 17.3 Å². The van der Waals surface area contributed by atoms with Crippen LogP contribution in [0.25, 0.3) is 0 Å². The Balaban J connectivity index is 0. The molecule has 0 aliphatic rings. The lowest BCUT2D eigenvalue weighted by Crippen LogP contribution is -3.00. The van der Waals surface area contributed by atoms with Gasteiger partial charge in [-0.3, -0.25) is 0 Å². The zero-order valence-corrected chi connectivity index (χ0v) is 10.2. The second-order valence-corrected chi connectivity index (χ2v) is 4.55. The highest BCUT2D eigenvalue weighted by molar-refractivity contribution is 5.57. The summed E-state index contributed by atoms with van der Waals surface area (Å²) in [7, 11) is 6.27. The lowest BCUT2D eigenvalue weighted by molar-refractivity contribution is -0.875. The van der Waals surface area contributed by atoms with Crippen molar-refractivity contribution in [2.24, 2.45) is 5.41 Å². The molecule has 68 valence electrons. The molecule has 0 amide bonds. The molecule has 0 aliphatic heterocycles. The molecule has 3 heteroatoms. The Labute approximate surface area is 86.6 Å². The molecule has 0 N–H and O–H groups in total. The lowest BCUT2D eigenvalue weighted by Gasteiger charge is -2.30. The predicted octanol–water partition coefficient (Wildman–Crippen LogP) is -2.08. The molecule has 11 heavy (non-hydrogen) atoms. The maximum absolute atomic E-state index is 10.5. The van der Waals surface area contributed by atoms with E-state index in [1.165, 1.54) is 0 Å². The van der Waals surface area contributed by atoms with Crippen LogP contribution in [-0.4, -0.2) is 38.5 Å². The van der Waals surface area contributed by atoms with E-state index in [1.807, 2.05) is 13.8 Å². The van der Waals surface area contributed by atoms with Crippen LogP contribution >= 0.6 is 0 Å². The van der Waals surface area contributed by atoms with Crippen molar-refractivity contribution in [3.05, 3.63) is 0 Å². The first-order chi connectivity index (χ1) is 4.27. The van der Waals surface area contributed by atoms with Crippen molar-refractivity contribution in [3.8, 4) is 0 Å². The summed E-state index contributed by atoms with van der Waals surface area (Å²) in [6, 6.07) is 0. The molecule has 0 aliphatic carbocycles. The molecule has 0 unspecified atom stereocenters. The van der Waals surface area contributed by atoms with E-state index in [9.17, 15) is 4.79 Å². The lowest BCUT2D eigenvalue weighted by atomic mass is 9.95. The zero-order chi connectivity index (χ0) is 8.41. The quantitative estimate of drug-likeness (QED) is 0.327. The molecule has 0 heterocycles. The first-order valence-corrected chi connectivity index (χ1v) is 3.54. The number of carbonyl (C=O) groups excluding carboxylic acids is 1. The fourth-order valence-corrected chi connectivity index (χ4v) is 1.26. The number of carbonyl (C=O) groups is 1. The van der Waals surface area contributed by atoms with E-state index < -0.39 is 0 Å². The number of halogens is 1. The van der Waals surface area contributed by atoms with Crippen LogP contribution in [0.2, 0.25) is 0 Å². The molecule has 0 aromatic heterocycles. The van der Waals surface area contributed by atoms with Crippen LogP contribution in [-0.2, 0) is 4.79 Å². The summed E-state index contributed by atoms with van der Waals surface area (Å²) < 4.78 is 0.839. The second kappa shape index (κ2) is 4.40. The average Bonchev–Trinajstić information content (AvgIpc) is 1.60. The number of quaternary nitrogens is 1. The van der Waals surface area contributed by atoms with Gasteiger partial charge in [-0.25, -0.2) is 0 Å². The van der Waals surface area contributed by atoms with Crippen molar-refractivity contribution in [2.75, 3.05) is 27.7 Å². The van der Waals surface area contributed by atoms with E-state index in [2.05, 4.69) is 21.1 Å². The molecule has 0 rings (SSSR count). The van der Waals surface area contributed by atoms with Gasteiger partial charge in [0.25, 0.3) is 0 Å². The molecule has 0 aromatic rings.